The first kappa shape index (κ1) is 23.3. The Balaban J connectivity index is 0.00000364. The first-order valence-electron chi connectivity index (χ1n) is 9.09. The summed E-state index contributed by atoms with van der Waals surface area (Å²) < 4.78 is 10.8. The Kier molecular flexibility index (Phi) is 10.3. The van der Waals surface area contributed by atoms with Crippen LogP contribution in [-0.2, 0) is 17.8 Å². The van der Waals surface area contributed by atoms with Gasteiger partial charge in [0.05, 0.1) is 14.2 Å². The molecule has 7 nitrogen and oxygen atoms in total. The molecule has 27 heavy (non-hydrogen) atoms. The predicted octanol–water partition coefficient (Wildman–Crippen LogP) is 2.17. The number of methoxy groups -OCH3 is 2. The Morgan fingerprint density at radius 3 is 2.41 bits per heavy atom. The predicted molar refractivity (Wildman–Crippen MR) is 118 cm³/mol. The van der Waals surface area contributed by atoms with Crippen molar-refractivity contribution in [2.45, 2.75) is 32.7 Å². The van der Waals surface area contributed by atoms with Crippen LogP contribution in [0.25, 0.3) is 0 Å². The van der Waals surface area contributed by atoms with Crippen molar-refractivity contribution in [3.05, 3.63) is 23.3 Å². The minimum absolute atomic E-state index is 0. The third-order valence-electron chi connectivity index (χ3n) is 4.44. The number of carbonyl (C=O) groups is 1. The summed E-state index contributed by atoms with van der Waals surface area (Å²) in [5, 5.41) is 6.17. The number of hydrogen-bond acceptors (Lipinski definition) is 4. The zero-order valence-electron chi connectivity index (χ0n) is 16.6. The Morgan fingerprint density at radius 1 is 1.15 bits per heavy atom. The van der Waals surface area contributed by atoms with E-state index in [1.165, 1.54) is 11.1 Å². The molecule has 1 aromatic rings. The third kappa shape index (κ3) is 6.44. The fraction of sp³-hybridized carbons (Fsp3) is 0.579. The largest absolute Gasteiger partial charge is 0.493 e. The number of aliphatic imine (C=N–C) groups is 1. The summed E-state index contributed by atoms with van der Waals surface area (Å²) in [6.07, 6.45) is 2.30. The molecule has 1 aliphatic rings. The number of hydrogen-bond donors (Lipinski definition) is 2. The highest BCUT2D eigenvalue weighted by atomic mass is 127. The van der Waals surface area contributed by atoms with Gasteiger partial charge in [-0.3, -0.25) is 9.79 Å². The lowest BCUT2D eigenvalue weighted by Crippen LogP contribution is -2.45. The first-order chi connectivity index (χ1) is 12.6. The first-order valence-corrected chi connectivity index (χ1v) is 9.09. The monoisotopic (exact) mass is 490 g/mol. The summed E-state index contributed by atoms with van der Waals surface area (Å²) >= 11 is 0. The number of carbonyl (C=O) groups excluding carboxylic acids is 1. The van der Waals surface area contributed by atoms with Crippen LogP contribution in [0.15, 0.2) is 17.1 Å². The maximum Gasteiger partial charge on any atom is 0.221 e. The fourth-order valence-electron chi connectivity index (χ4n) is 3.04. The molecule has 0 spiro atoms. The van der Waals surface area contributed by atoms with Crippen molar-refractivity contribution in [3.63, 3.8) is 0 Å². The molecule has 0 bridgehead atoms. The number of amides is 1. The van der Waals surface area contributed by atoms with Gasteiger partial charge in [0.25, 0.3) is 0 Å². The number of nitrogens with one attached hydrogen (secondary N) is 2. The van der Waals surface area contributed by atoms with Crippen molar-refractivity contribution in [3.8, 4) is 11.5 Å². The van der Waals surface area contributed by atoms with Gasteiger partial charge >= 0.3 is 0 Å². The normalized spacial score (nSPS) is 13.3. The zero-order valence-corrected chi connectivity index (χ0v) is 19.0. The summed E-state index contributed by atoms with van der Waals surface area (Å²) in [6, 6.07) is 4.09. The minimum Gasteiger partial charge on any atom is -0.493 e. The van der Waals surface area contributed by atoms with E-state index in [9.17, 15) is 4.79 Å². The molecule has 0 aromatic heterocycles. The van der Waals surface area contributed by atoms with Gasteiger partial charge in [0.1, 0.15) is 0 Å². The van der Waals surface area contributed by atoms with Crippen LogP contribution in [0.3, 0.4) is 0 Å². The third-order valence-corrected chi connectivity index (χ3v) is 4.44. The fourth-order valence-corrected chi connectivity index (χ4v) is 3.04. The lowest BCUT2D eigenvalue weighted by atomic mass is 9.99. The molecular weight excluding hydrogens is 459 g/mol. The van der Waals surface area contributed by atoms with Gasteiger partial charge in [-0.05, 0) is 36.1 Å². The van der Waals surface area contributed by atoms with Crippen LogP contribution in [0, 0.1) is 0 Å². The van der Waals surface area contributed by atoms with E-state index in [2.05, 4.69) is 26.6 Å². The molecule has 1 amide bonds. The minimum atomic E-state index is 0. The molecule has 152 valence electrons. The Hall–Kier alpha value is -1.71. The second kappa shape index (κ2) is 11.9. The van der Waals surface area contributed by atoms with Gasteiger partial charge in [0.2, 0.25) is 5.91 Å². The van der Waals surface area contributed by atoms with E-state index < -0.39 is 0 Å². The van der Waals surface area contributed by atoms with Crippen molar-refractivity contribution in [2.24, 2.45) is 4.99 Å². The molecular formula is C19H31IN4O3. The maximum absolute atomic E-state index is 11.7. The molecule has 2 rings (SSSR count). The van der Waals surface area contributed by atoms with Crippen molar-refractivity contribution >= 4 is 35.8 Å². The number of guanidine groups is 1. The van der Waals surface area contributed by atoms with Gasteiger partial charge in [-0.1, -0.05) is 6.92 Å². The van der Waals surface area contributed by atoms with Crippen LogP contribution in [0.1, 0.15) is 30.9 Å². The van der Waals surface area contributed by atoms with E-state index in [0.717, 1.165) is 49.9 Å². The summed E-state index contributed by atoms with van der Waals surface area (Å²) in [4.78, 5) is 18.3. The maximum atomic E-state index is 11.7. The average molecular weight is 490 g/mol. The molecule has 0 radical (unpaired) electrons. The van der Waals surface area contributed by atoms with Gasteiger partial charge in [-0.25, -0.2) is 0 Å². The highest BCUT2D eigenvalue weighted by Gasteiger charge is 2.21. The van der Waals surface area contributed by atoms with E-state index in [4.69, 9.17) is 9.47 Å². The number of benzene rings is 1. The number of ether oxygens (including phenoxy) is 2. The molecule has 0 atom stereocenters. The van der Waals surface area contributed by atoms with Gasteiger partial charge in [-0.2, -0.15) is 0 Å². The topological polar surface area (TPSA) is 75.2 Å². The molecule has 1 aromatic carbocycles. The van der Waals surface area contributed by atoms with Gasteiger partial charge in [0.15, 0.2) is 17.5 Å². The van der Waals surface area contributed by atoms with E-state index in [1.54, 1.807) is 21.3 Å². The van der Waals surface area contributed by atoms with Gasteiger partial charge < -0.3 is 25.0 Å². The van der Waals surface area contributed by atoms with E-state index >= 15 is 0 Å². The lowest BCUT2D eigenvalue weighted by molar-refractivity contribution is -0.120. The van der Waals surface area contributed by atoms with Crippen LogP contribution in [-0.4, -0.2) is 57.7 Å². The quantitative estimate of drug-likeness (QED) is 0.348. The van der Waals surface area contributed by atoms with Crippen molar-refractivity contribution < 1.29 is 14.3 Å². The molecule has 2 N–H and O–H groups in total. The second-order valence-electron chi connectivity index (χ2n) is 6.22. The summed E-state index contributed by atoms with van der Waals surface area (Å²) in [7, 11) is 5.07. The highest BCUT2D eigenvalue weighted by Crippen LogP contribution is 2.33. The van der Waals surface area contributed by atoms with Crippen molar-refractivity contribution in [1.82, 2.24) is 15.5 Å². The van der Waals surface area contributed by atoms with Crippen LogP contribution >= 0.6 is 24.0 Å². The van der Waals surface area contributed by atoms with E-state index in [-0.39, 0.29) is 29.9 Å². The van der Waals surface area contributed by atoms with Crippen LogP contribution in [0.2, 0.25) is 0 Å². The van der Waals surface area contributed by atoms with E-state index in [1.807, 2.05) is 13.0 Å². The second-order valence-corrected chi connectivity index (χ2v) is 6.22. The summed E-state index contributed by atoms with van der Waals surface area (Å²) in [6.45, 7) is 4.94. The molecule has 0 saturated heterocycles. The Bertz CT molecular complexity index is 652. The SMILES string of the molecule is CCCNC(=O)CCNC(=NC)N1CCc2cc(OC)c(OC)cc2C1.I. The Labute approximate surface area is 178 Å². The molecule has 8 heteroatoms. The van der Waals surface area contributed by atoms with Gasteiger partial charge in [0, 0.05) is 39.6 Å². The van der Waals surface area contributed by atoms with Gasteiger partial charge in [-0.15, -0.1) is 24.0 Å². The average Bonchev–Trinajstić information content (AvgIpc) is 2.68. The molecule has 0 unspecified atom stereocenters. The molecule has 1 heterocycles. The van der Waals surface area contributed by atoms with Crippen LogP contribution < -0.4 is 20.1 Å². The van der Waals surface area contributed by atoms with Crippen molar-refractivity contribution in [1.29, 1.82) is 0 Å². The zero-order chi connectivity index (χ0) is 18.9. The highest BCUT2D eigenvalue weighted by molar-refractivity contribution is 14.0. The van der Waals surface area contributed by atoms with Crippen LogP contribution in [0.5, 0.6) is 11.5 Å². The number of fused-ring (bicyclic) bond motifs is 1. The smallest absolute Gasteiger partial charge is 0.221 e. The number of rotatable bonds is 7. The molecule has 0 aliphatic carbocycles. The molecule has 1 aliphatic heterocycles. The Morgan fingerprint density at radius 2 is 1.81 bits per heavy atom. The number of nitrogens with zero attached hydrogens (tertiary/aromatic N) is 2. The van der Waals surface area contributed by atoms with Crippen molar-refractivity contribution in [2.75, 3.05) is 40.9 Å². The molecule has 0 fully saturated rings. The van der Waals surface area contributed by atoms with E-state index in [0.29, 0.717) is 13.0 Å². The molecule has 0 saturated carbocycles. The van der Waals surface area contributed by atoms with Crippen LogP contribution in [0.4, 0.5) is 0 Å². The summed E-state index contributed by atoms with van der Waals surface area (Å²) in [5.41, 5.74) is 2.48. The lowest BCUT2D eigenvalue weighted by Gasteiger charge is -2.32. The number of halogens is 1. The standard InChI is InChI=1S/C19H30N4O3.HI/c1-5-8-21-18(24)6-9-22-19(20-2)23-10-7-14-11-16(25-3)17(26-4)12-15(14)13-23;/h11-12H,5-10,13H2,1-4H3,(H,20,22)(H,21,24);1H. The summed E-state index contributed by atoms with van der Waals surface area (Å²) in [5.74, 6) is 2.38.